The van der Waals surface area contributed by atoms with Crippen LogP contribution in [0.5, 0.6) is 0 Å². The van der Waals surface area contributed by atoms with Gasteiger partial charge in [0.1, 0.15) is 6.04 Å². The third kappa shape index (κ3) is 5.41. The lowest BCUT2D eigenvalue weighted by Crippen LogP contribution is -2.58. The van der Waals surface area contributed by atoms with Crippen LogP contribution in [0.15, 0.2) is 48.5 Å². The molecule has 184 valence electrons. The number of halogens is 2. The van der Waals surface area contributed by atoms with Crippen molar-refractivity contribution in [3.8, 4) is 0 Å². The zero-order valence-corrected chi connectivity index (χ0v) is 21.1. The average molecular weight is 508 g/mol. The first kappa shape index (κ1) is 26.5. The van der Waals surface area contributed by atoms with E-state index in [2.05, 4.69) is 0 Å². The number of benzene rings is 2. The van der Waals surface area contributed by atoms with E-state index in [1.165, 1.54) is 7.11 Å². The molecule has 3 rings (SSSR count). The molecule has 8 heteroatoms. The first-order chi connectivity index (χ1) is 16.1. The van der Waals surface area contributed by atoms with Gasteiger partial charge in [-0.2, -0.15) is 0 Å². The van der Waals surface area contributed by atoms with Crippen LogP contribution in [0.1, 0.15) is 56.2 Å². The molecule has 34 heavy (non-hydrogen) atoms. The average Bonchev–Trinajstić information content (AvgIpc) is 2.82. The van der Waals surface area contributed by atoms with Gasteiger partial charge in [-0.25, -0.2) is 4.79 Å². The Labute approximate surface area is 210 Å². The van der Waals surface area contributed by atoms with Crippen molar-refractivity contribution in [2.75, 3.05) is 13.7 Å². The van der Waals surface area contributed by atoms with E-state index in [0.29, 0.717) is 22.9 Å². The van der Waals surface area contributed by atoms with Gasteiger partial charge >= 0.3 is 5.97 Å². The summed E-state index contributed by atoms with van der Waals surface area (Å²) in [5.41, 5.74) is 0.712. The molecule has 1 saturated heterocycles. The molecule has 0 bridgehead atoms. The van der Waals surface area contributed by atoms with Crippen molar-refractivity contribution in [3.63, 3.8) is 0 Å². The van der Waals surface area contributed by atoms with Crippen molar-refractivity contribution >= 4 is 35.1 Å². The van der Waals surface area contributed by atoms with Crippen molar-refractivity contribution in [3.05, 3.63) is 69.7 Å². The molecule has 2 aromatic rings. The number of rotatable bonds is 8. The molecule has 1 aliphatic rings. The Kier molecular flexibility index (Phi) is 8.63. The Morgan fingerprint density at radius 2 is 1.85 bits per heavy atom. The lowest BCUT2D eigenvalue weighted by molar-refractivity contribution is -0.167. The summed E-state index contributed by atoms with van der Waals surface area (Å²) in [7, 11) is 1.31. The van der Waals surface area contributed by atoms with Gasteiger partial charge in [-0.05, 0) is 54.7 Å². The number of hydrogen-bond acceptors (Lipinski definition) is 5. The fourth-order valence-corrected chi connectivity index (χ4v) is 5.43. The number of hydrogen-bond donors (Lipinski definition) is 2. The van der Waals surface area contributed by atoms with Crippen LogP contribution in [0.4, 0.5) is 0 Å². The summed E-state index contributed by atoms with van der Waals surface area (Å²) in [5.74, 6) is -1.02. The molecule has 1 amide bonds. The Balaban J connectivity index is 2.25. The van der Waals surface area contributed by atoms with Gasteiger partial charge in [0, 0.05) is 21.4 Å². The smallest absolute Gasteiger partial charge is 0.328 e. The van der Waals surface area contributed by atoms with Crippen molar-refractivity contribution in [2.45, 2.75) is 57.2 Å². The molecular formula is C26H31Cl2NO5. The van der Waals surface area contributed by atoms with E-state index in [9.17, 15) is 19.8 Å². The van der Waals surface area contributed by atoms with Crippen LogP contribution in [0.2, 0.25) is 10.0 Å². The van der Waals surface area contributed by atoms with E-state index in [-0.39, 0.29) is 18.2 Å². The second-order valence-electron chi connectivity index (χ2n) is 9.12. The third-order valence-electron chi connectivity index (χ3n) is 6.68. The molecule has 2 aromatic carbocycles. The molecule has 5 atom stereocenters. The van der Waals surface area contributed by atoms with Crippen LogP contribution in [0.25, 0.3) is 0 Å². The molecule has 2 N–H and O–H groups in total. The maximum absolute atomic E-state index is 14.1. The monoisotopic (exact) mass is 507 g/mol. The van der Waals surface area contributed by atoms with Crippen LogP contribution < -0.4 is 0 Å². The van der Waals surface area contributed by atoms with Crippen LogP contribution in [-0.2, 0) is 14.3 Å². The third-order valence-corrected chi connectivity index (χ3v) is 7.17. The molecule has 6 nitrogen and oxygen atoms in total. The maximum atomic E-state index is 14.1. The van der Waals surface area contributed by atoms with E-state index in [1.807, 2.05) is 37.3 Å². The van der Waals surface area contributed by atoms with E-state index >= 15 is 0 Å². The molecule has 0 radical (unpaired) electrons. The van der Waals surface area contributed by atoms with Gasteiger partial charge < -0.3 is 19.8 Å². The Morgan fingerprint density at radius 3 is 2.41 bits per heavy atom. The summed E-state index contributed by atoms with van der Waals surface area (Å²) in [6.45, 7) is 3.15. The molecule has 0 saturated carbocycles. The first-order valence-electron chi connectivity index (χ1n) is 11.4. The van der Waals surface area contributed by atoms with Crippen LogP contribution in [0.3, 0.4) is 0 Å². The van der Waals surface area contributed by atoms with E-state index < -0.39 is 36.2 Å². The number of carbonyl (C=O) groups excluding carboxylic acids is 2. The largest absolute Gasteiger partial charge is 0.467 e. The fourth-order valence-electron chi connectivity index (χ4n) is 5.11. The lowest BCUT2D eigenvalue weighted by Gasteiger charge is -2.51. The number of carbonyl (C=O) groups is 2. The van der Waals surface area contributed by atoms with Crippen LogP contribution in [-0.4, -0.2) is 52.9 Å². The minimum absolute atomic E-state index is 0.0564. The number of piperidine rings is 1. The maximum Gasteiger partial charge on any atom is 0.328 e. The highest BCUT2D eigenvalue weighted by atomic mass is 35.5. The number of methoxy groups -OCH3 is 1. The Morgan fingerprint density at radius 1 is 1.18 bits per heavy atom. The number of aliphatic hydroxyl groups excluding tert-OH is 2. The van der Waals surface area contributed by atoms with Gasteiger partial charge in [0.15, 0.2) is 0 Å². The second-order valence-corrected chi connectivity index (χ2v) is 10.00. The molecule has 1 heterocycles. The number of aliphatic hydroxyl groups is 2. The molecule has 0 aromatic heterocycles. The summed E-state index contributed by atoms with van der Waals surface area (Å²) >= 11 is 12.5. The molecule has 2 unspecified atom stereocenters. The van der Waals surface area contributed by atoms with Crippen molar-refractivity contribution < 1.29 is 24.5 Å². The minimum atomic E-state index is -1.07. The summed E-state index contributed by atoms with van der Waals surface area (Å²) < 4.78 is 5.07. The first-order valence-corrected chi connectivity index (χ1v) is 12.1. The van der Waals surface area contributed by atoms with Gasteiger partial charge in [-0.3, -0.25) is 4.79 Å². The van der Waals surface area contributed by atoms with Gasteiger partial charge in [0.25, 0.3) is 0 Å². The lowest BCUT2D eigenvalue weighted by atomic mass is 9.66. The van der Waals surface area contributed by atoms with Crippen LogP contribution in [0, 0.1) is 5.41 Å². The van der Waals surface area contributed by atoms with Gasteiger partial charge in [0.2, 0.25) is 5.91 Å². The number of amides is 1. The number of esters is 1. The van der Waals surface area contributed by atoms with Gasteiger partial charge in [-0.15, -0.1) is 0 Å². The summed E-state index contributed by atoms with van der Waals surface area (Å²) in [4.78, 5) is 28.6. The predicted octanol–water partition coefficient (Wildman–Crippen LogP) is 4.75. The van der Waals surface area contributed by atoms with Crippen molar-refractivity contribution in [1.29, 1.82) is 0 Å². The fraction of sp³-hybridized carbons (Fsp3) is 0.462. The molecule has 1 aliphatic heterocycles. The van der Waals surface area contributed by atoms with E-state index in [1.54, 1.807) is 30.0 Å². The van der Waals surface area contributed by atoms with E-state index in [4.69, 9.17) is 27.9 Å². The summed E-state index contributed by atoms with van der Waals surface area (Å²) in [6, 6.07) is 13.4. The zero-order valence-electron chi connectivity index (χ0n) is 19.6. The number of ether oxygens (including phenoxy) is 1. The normalized spacial score (nSPS) is 24.6. The predicted molar refractivity (Wildman–Crippen MR) is 132 cm³/mol. The highest BCUT2D eigenvalue weighted by Gasteiger charge is 2.53. The molecule has 1 fully saturated rings. The summed E-state index contributed by atoms with van der Waals surface area (Å²) in [6.07, 6.45) is -0.268. The minimum Gasteiger partial charge on any atom is -0.467 e. The second kappa shape index (κ2) is 11.1. The Hall–Kier alpha value is -2.12. The van der Waals surface area contributed by atoms with Gasteiger partial charge in [0.05, 0.1) is 25.9 Å². The zero-order chi connectivity index (χ0) is 25.0. The summed E-state index contributed by atoms with van der Waals surface area (Å²) in [5, 5.41) is 20.9. The van der Waals surface area contributed by atoms with Crippen molar-refractivity contribution in [1.82, 2.24) is 4.90 Å². The molecule has 0 spiro atoms. The van der Waals surface area contributed by atoms with Gasteiger partial charge in [-0.1, -0.05) is 61.3 Å². The number of likely N-dealkylation sites (tertiary alicyclic amines) is 1. The topological polar surface area (TPSA) is 87.1 Å². The standard InChI is InChI=1S/C26H31Cl2NO5/c1-4-22(24(32)34-3)29-23(16-8-10-18(27)11-9-16)21(17-6-5-7-19(28)12-17)14-26(2,25(29)33)13-20(31)15-30/h5-12,20-23,30-31H,4,13-15H2,1-3H3/t20?,21-,22+,23?,26+/m1/s1. The number of nitrogens with zero attached hydrogens (tertiary/aromatic N) is 1. The quantitative estimate of drug-likeness (QED) is 0.503. The highest BCUT2D eigenvalue weighted by molar-refractivity contribution is 6.30. The SMILES string of the molecule is CC[C@@H](C(=O)OC)N1C(=O)[C@@](C)(CC(O)CO)C[C@H](c2cccc(Cl)c2)C1c1ccc(Cl)cc1. The van der Waals surface area contributed by atoms with E-state index in [0.717, 1.165) is 11.1 Å². The van der Waals surface area contributed by atoms with Crippen LogP contribution >= 0.6 is 23.2 Å². The van der Waals surface area contributed by atoms with Crippen molar-refractivity contribution in [2.24, 2.45) is 5.41 Å². The molecule has 0 aliphatic carbocycles. The highest BCUT2D eigenvalue weighted by Crippen LogP contribution is 2.52. The Bertz CT molecular complexity index is 1010. The molecular weight excluding hydrogens is 477 g/mol.